The molecule has 0 fully saturated rings. The number of halogens is 4. The SMILES string of the molecule is Nc1c(F)c(Br)c(Cl)c(CCO)c1I. The molecule has 0 amide bonds. The van der Waals surface area contributed by atoms with Gasteiger partial charge in [0.25, 0.3) is 0 Å². The Morgan fingerprint density at radius 2 is 2.14 bits per heavy atom. The van der Waals surface area contributed by atoms with E-state index in [1.807, 2.05) is 22.6 Å². The zero-order chi connectivity index (χ0) is 10.9. The standard InChI is InChI=1S/C8H7BrClFINO/c9-4-5(10)3(1-2-14)7(12)8(13)6(4)11/h14H,1-2,13H2. The second kappa shape index (κ2) is 4.96. The van der Waals surface area contributed by atoms with Crippen LogP contribution in [0.2, 0.25) is 5.02 Å². The molecule has 0 radical (unpaired) electrons. The van der Waals surface area contributed by atoms with Crippen molar-refractivity contribution in [2.45, 2.75) is 6.42 Å². The maximum Gasteiger partial charge on any atom is 0.162 e. The highest BCUT2D eigenvalue weighted by atomic mass is 127. The van der Waals surface area contributed by atoms with Crippen LogP contribution in [-0.4, -0.2) is 11.7 Å². The Morgan fingerprint density at radius 3 is 2.64 bits per heavy atom. The first kappa shape index (κ1) is 12.5. The zero-order valence-electron chi connectivity index (χ0n) is 6.95. The molecule has 78 valence electrons. The normalized spacial score (nSPS) is 10.6. The quantitative estimate of drug-likeness (QED) is 0.351. The summed E-state index contributed by atoms with van der Waals surface area (Å²) in [5, 5.41) is 9.08. The number of aliphatic hydroxyl groups excluding tert-OH is 1. The minimum absolute atomic E-state index is 0.0484. The molecule has 1 aromatic carbocycles. The Balaban J connectivity index is 3.43. The van der Waals surface area contributed by atoms with Gasteiger partial charge >= 0.3 is 0 Å². The average molecular weight is 394 g/mol. The van der Waals surface area contributed by atoms with Crippen LogP contribution in [0.3, 0.4) is 0 Å². The van der Waals surface area contributed by atoms with Crippen LogP contribution in [0, 0.1) is 9.39 Å². The van der Waals surface area contributed by atoms with E-state index in [0.717, 1.165) is 0 Å². The molecule has 0 bridgehead atoms. The lowest BCUT2D eigenvalue weighted by molar-refractivity contribution is 0.299. The fourth-order valence-electron chi connectivity index (χ4n) is 1.03. The van der Waals surface area contributed by atoms with E-state index in [9.17, 15) is 4.39 Å². The molecule has 0 aliphatic heterocycles. The summed E-state index contributed by atoms with van der Waals surface area (Å²) in [6.07, 6.45) is 0.361. The van der Waals surface area contributed by atoms with Crippen molar-refractivity contribution in [1.82, 2.24) is 0 Å². The number of benzene rings is 1. The number of nitrogens with two attached hydrogens (primary N) is 1. The first-order valence-electron chi connectivity index (χ1n) is 3.71. The molecule has 3 N–H and O–H groups in total. The van der Waals surface area contributed by atoms with Crippen LogP contribution >= 0.6 is 50.1 Å². The van der Waals surface area contributed by atoms with E-state index in [1.165, 1.54) is 0 Å². The Labute approximate surface area is 108 Å². The summed E-state index contributed by atoms with van der Waals surface area (Å²) in [6, 6.07) is 0. The van der Waals surface area contributed by atoms with E-state index in [-0.39, 0.29) is 21.8 Å². The fourth-order valence-corrected chi connectivity index (χ4v) is 2.69. The lowest BCUT2D eigenvalue weighted by atomic mass is 10.1. The van der Waals surface area contributed by atoms with Crippen LogP contribution in [0.5, 0.6) is 0 Å². The highest BCUT2D eigenvalue weighted by Crippen LogP contribution is 2.37. The second-order valence-corrected chi connectivity index (χ2v) is 4.87. The van der Waals surface area contributed by atoms with E-state index in [2.05, 4.69) is 15.9 Å². The Bertz CT molecular complexity index is 346. The highest BCUT2D eigenvalue weighted by Gasteiger charge is 2.18. The van der Waals surface area contributed by atoms with Crippen LogP contribution < -0.4 is 5.73 Å². The first-order chi connectivity index (χ1) is 6.50. The summed E-state index contributed by atoms with van der Waals surface area (Å²) >= 11 is 10.8. The van der Waals surface area contributed by atoms with Crippen molar-refractivity contribution in [2.75, 3.05) is 12.3 Å². The lowest BCUT2D eigenvalue weighted by Crippen LogP contribution is -2.04. The van der Waals surface area contributed by atoms with Gasteiger partial charge in [0.15, 0.2) is 5.82 Å². The predicted octanol–water partition coefficient (Wildman–Crippen LogP) is 2.96. The monoisotopic (exact) mass is 393 g/mol. The molecule has 0 atom stereocenters. The van der Waals surface area contributed by atoms with E-state index >= 15 is 0 Å². The molecule has 6 heteroatoms. The van der Waals surface area contributed by atoms with Gasteiger partial charge < -0.3 is 10.8 Å². The van der Waals surface area contributed by atoms with Crippen LogP contribution in [0.1, 0.15) is 5.56 Å². The minimum atomic E-state index is -0.555. The van der Waals surface area contributed by atoms with Gasteiger partial charge in [0.2, 0.25) is 0 Å². The molecule has 14 heavy (non-hydrogen) atoms. The van der Waals surface area contributed by atoms with E-state index in [0.29, 0.717) is 15.6 Å². The van der Waals surface area contributed by atoms with Crippen LogP contribution in [-0.2, 0) is 6.42 Å². The molecule has 1 aromatic rings. The summed E-state index contributed by atoms with van der Waals surface area (Å²) in [5.74, 6) is -0.555. The molecular formula is C8H7BrClFINO. The van der Waals surface area contributed by atoms with Crippen molar-refractivity contribution in [3.05, 3.63) is 24.4 Å². The average Bonchev–Trinajstić information content (AvgIpc) is 2.19. The summed E-state index contributed by atoms with van der Waals surface area (Å²) in [7, 11) is 0. The van der Waals surface area contributed by atoms with Gasteiger partial charge in [-0.25, -0.2) is 4.39 Å². The Morgan fingerprint density at radius 1 is 1.57 bits per heavy atom. The smallest absolute Gasteiger partial charge is 0.162 e. The largest absolute Gasteiger partial charge is 0.396 e. The summed E-state index contributed by atoms with van der Waals surface area (Å²) in [4.78, 5) is 0. The highest BCUT2D eigenvalue weighted by molar-refractivity contribution is 14.1. The Kier molecular flexibility index (Phi) is 4.42. The van der Waals surface area contributed by atoms with Gasteiger partial charge in [0.05, 0.1) is 15.2 Å². The van der Waals surface area contributed by atoms with Gasteiger partial charge in [0, 0.05) is 10.2 Å². The topological polar surface area (TPSA) is 46.2 Å². The third-order valence-electron chi connectivity index (χ3n) is 1.75. The molecule has 0 saturated carbocycles. The maximum absolute atomic E-state index is 13.3. The third kappa shape index (κ3) is 2.15. The zero-order valence-corrected chi connectivity index (χ0v) is 11.5. The van der Waals surface area contributed by atoms with Crippen molar-refractivity contribution in [3.63, 3.8) is 0 Å². The summed E-state index contributed by atoms with van der Waals surface area (Å²) < 4.78 is 14.1. The number of aliphatic hydroxyl groups is 1. The number of nitrogen functional groups attached to an aromatic ring is 1. The van der Waals surface area contributed by atoms with Gasteiger partial charge in [-0.15, -0.1) is 0 Å². The minimum Gasteiger partial charge on any atom is -0.396 e. The molecule has 0 unspecified atom stereocenters. The maximum atomic E-state index is 13.3. The molecule has 0 aromatic heterocycles. The van der Waals surface area contributed by atoms with Gasteiger partial charge in [-0.2, -0.15) is 0 Å². The van der Waals surface area contributed by atoms with Crippen LogP contribution in [0.25, 0.3) is 0 Å². The number of hydrogen-bond acceptors (Lipinski definition) is 2. The molecule has 0 heterocycles. The van der Waals surface area contributed by atoms with Gasteiger partial charge in [-0.05, 0) is 50.5 Å². The molecule has 0 aliphatic rings. The van der Waals surface area contributed by atoms with E-state index in [1.54, 1.807) is 0 Å². The van der Waals surface area contributed by atoms with Crippen LogP contribution in [0.4, 0.5) is 10.1 Å². The van der Waals surface area contributed by atoms with Crippen molar-refractivity contribution in [2.24, 2.45) is 0 Å². The van der Waals surface area contributed by atoms with E-state index < -0.39 is 5.82 Å². The fraction of sp³-hybridized carbons (Fsp3) is 0.250. The second-order valence-electron chi connectivity index (χ2n) is 2.62. The molecule has 0 aliphatic carbocycles. The summed E-state index contributed by atoms with van der Waals surface area (Å²) in [5.41, 5.74) is 6.26. The van der Waals surface area contributed by atoms with Gasteiger partial charge in [0.1, 0.15) is 0 Å². The molecular weight excluding hydrogens is 387 g/mol. The van der Waals surface area contributed by atoms with Crippen molar-refractivity contribution in [1.29, 1.82) is 0 Å². The molecule has 1 rings (SSSR count). The molecule has 0 saturated heterocycles. The number of hydrogen-bond donors (Lipinski definition) is 2. The third-order valence-corrected chi connectivity index (χ3v) is 4.37. The van der Waals surface area contributed by atoms with Crippen molar-refractivity contribution in [3.8, 4) is 0 Å². The molecule has 2 nitrogen and oxygen atoms in total. The van der Waals surface area contributed by atoms with Gasteiger partial charge in [-0.1, -0.05) is 11.6 Å². The van der Waals surface area contributed by atoms with Gasteiger partial charge in [-0.3, -0.25) is 0 Å². The first-order valence-corrected chi connectivity index (χ1v) is 5.96. The molecule has 0 spiro atoms. The predicted molar refractivity (Wildman–Crippen MR) is 67.0 cm³/mol. The van der Waals surface area contributed by atoms with E-state index in [4.69, 9.17) is 22.4 Å². The van der Waals surface area contributed by atoms with Crippen LogP contribution in [0.15, 0.2) is 4.47 Å². The van der Waals surface area contributed by atoms with Crippen molar-refractivity contribution >= 4 is 55.8 Å². The summed E-state index contributed by atoms with van der Waals surface area (Å²) in [6.45, 7) is -0.0484. The Hall–Kier alpha value is 0.410. The number of anilines is 1. The number of rotatable bonds is 2. The van der Waals surface area contributed by atoms with Crippen molar-refractivity contribution < 1.29 is 9.50 Å². The lowest BCUT2D eigenvalue weighted by Gasteiger charge is -2.11.